The second kappa shape index (κ2) is 6.06. The monoisotopic (exact) mass is 271 g/mol. The van der Waals surface area contributed by atoms with E-state index < -0.39 is 0 Å². The smallest absolute Gasteiger partial charge is 0.258 e. The third-order valence-corrected chi connectivity index (χ3v) is 2.75. The van der Waals surface area contributed by atoms with Gasteiger partial charge in [0.1, 0.15) is 0 Å². The van der Waals surface area contributed by atoms with Crippen LogP contribution in [0.4, 0.5) is 5.69 Å². The lowest BCUT2D eigenvalue weighted by atomic mass is 10.2. The van der Waals surface area contributed by atoms with Crippen LogP contribution in [0, 0.1) is 6.92 Å². The van der Waals surface area contributed by atoms with Gasteiger partial charge in [-0.05, 0) is 42.9 Å². The minimum absolute atomic E-state index is 0.267. The Labute approximate surface area is 116 Å². The van der Waals surface area contributed by atoms with E-state index in [1.54, 1.807) is 18.3 Å². The summed E-state index contributed by atoms with van der Waals surface area (Å²) in [4.78, 5) is 15.7. The normalized spacial score (nSPS) is 9.74. The van der Waals surface area contributed by atoms with Crippen molar-refractivity contribution >= 4 is 28.9 Å². The Kier molecular flexibility index (Phi) is 4.20. The number of benzene rings is 1. The highest BCUT2D eigenvalue weighted by Crippen LogP contribution is 2.12. The maximum atomic E-state index is 11.9. The molecule has 0 fully saturated rings. The molecule has 0 spiro atoms. The van der Waals surface area contributed by atoms with Crippen LogP contribution in [0.2, 0.25) is 0 Å². The number of anilines is 1. The van der Waals surface area contributed by atoms with Crippen molar-refractivity contribution in [1.82, 2.24) is 10.3 Å². The molecule has 0 radical (unpaired) electrons. The molecule has 19 heavy (non-hydrogen) atoms. The summed E-state index contributed by atoms with van der Waals surface area (Å²) >= 11 is 5.11. The van der Waals surface area contributed by atoms with Gasteiger partial charge in [0.25, 0.3) is 5.91 Å². The molecule has 0 atom stereocenters. The van der Waals surface area contributed by atoms with E-state index in [1.807, 2.05) is 31.2 Å². The molecule has 4 nitrogen and oxygen atoms in total. The Morgan fingerprint density at radius 3 is 2.68 bits per heavy atom. The molecule has 0 unspecified atom stereocenters. The summed E-state index contributed by atoms with van der Waals surface area (Å²) in [5.41, 5.74) is 2.40. The molecule has 2 rings (SSSR count). The lowest BCUT2D eigenvalue weighted by Gasteiger charge is -2.11. The maximum absolute atomic E-state index is 11.9. The van der Waals surface area contributed by atoms with Crippen LogP contribution in [0.15, 0.2) is 48.8 Å². The average Bonchev–Trinajstić information content (AvgIpc) is 2.42. The van der Waals surface area contributed by atoms with Gasteiger partial charge in [-0.2, -0.15) is 0 Å². The van der Waals surface area contributed by atoms with Crippen LogP contribution < -0.4 is 10.6 Å². The molecule has 0 saturated heterocycles. The van der Waals surface area contributed by atoms with Crippen molar-refractivity contribution in [2.75, 3.05) is 5.32 Å². The Bertz CT molecular complexity index is 599. The van der Waals surface area contributed by atoms with Crippen molar-refractivity contribution in [1.29, 1.82) is 0 Å². The second-order valence-electron chi connectivity index (χ2n) is 3.96. The van der Waals surface area contributed by atoms with Gasteiger partial charge in [-0.25, -0.2) is 0 Å². The van der Waals surface area contributed by atoms with Crippen molar-refractivity contribution in [2.24, 2.45) is 0 Å². The first-order valence-electron chi connectivity index (χ1n) is 5.75. The van der Waals surface area contributed by atoms with Crippen LogP contribution in [0.5, 0.6) is 0 Å². The number of amides is 1. The van der Waals surface area contributed by atoms with Crippen LogP contribution in [0.25, 0.3) is 0 Å². The quantitative estimate of drug-likeness (QED) is 0.824. The third-order valence-electron chi connectivity index (χ3n) is 2.54. The van der Waals surface area contributed by atoms with Crippen molar-refractivity contribution in [3.05, 3.63) is 59.9 Å². The summed E-state index contributed by atoms with van der Waals surface area (Å²) in [5.74, 6) is -0.279. The van der Waals surface area contributed by atoms with E-state index in [0.29, 0.717) is 5.56 Å². The van der Waals surface area contributed by atoms with Gasteiger partial charge in [0.05, 0.1) is 5.56 Å². The summed E-state index contributed by atoms with van der Waals surface area (Å²) in [6, 6.07) is 11.1. The standard InChI is InChI=1S/C14H13N3OS/c1-10-5-2-3-7-12(10)16-14(19)17-13(18)11-6-4-8-15-9-11/h2-9H,1H3,(H2,16,17,18,19). The Morgan fingerprint density at radius 1 is 1.21 bits per heavy atom. The van der Waals surface area contributed by atoms with Gasteiger partial charge in [-0.1, -0.05) is 18.2 Å². The summed E-state index contributed by atoms with van der Waals surface area (Å²) < 4.78 is 0. The van der Waals surface area contributed by atoms with Crippen molar-refractivity contribution < 1.29 is 4.79 Å². The Hall–Kier alpha value is -2.27. The number of carbonyl (C=O) groups excluding carboxylic acids is 1. The molecule has 1 amide bonds. The topological polar surface area (TPSA) is 54.0 Å². The fourth-order valence-electron chi connectivity index (χ4n) is 1.54. The zero-order valence-electron chi connectivity index (χ0n) is 10.4. The van der Waals surface area contributed by atoms with E-state index in [2.05, 4.69) is 15.6 Å². The molecular weight excluding hydrogens is 258 g/mol. The van der Waals surface area contributed by atoms with Crippen LogP contribution in [-0.2, 0) is 0 Å². The van der Waals surface area contributed by atoms with E-state index in [1.165, 1.54) is 6.20 Å². The molecule has 0 bridgehead atoms. The molecule has 2 N–H and O–H groups in total. The number of nitrogens with one attached hydrogen (secondary N) is 2. The highest BCUT2D eigenvalue weighted by molar-refractivity contribution is 7.80. The summed E-state index contributed by atoms with van der Waals surface area (Å²) in [5, 5.41) is 5.87. The number of thiocarbonyl (C=S) groups is 1. The van der Waals surface area contributed by atoms with Gasteiger partial charge < -0.3 is 5.32 Å². The van der Waals surface area contributed by atoms with Gasteiger partial charge in [-0.15, -0.1) is 0 Å². The summed E-state index contributed by atoms with van der Waals surface area (Å²) in [6.45, 7) is 1.97. The number of hydrogen-bond acceptors (Lipinski definition) is 3. The molecule has 2 aromatic rings. The molecule has 1 heterocycles. The van der Waals surface area contributed by atoms with Gasteiger partial charge in [0.15, 0.2) is 5.11 Å². The summed E-state index contributed by atoms with van der Waals surface area (Å²) in [7, 11) is 0. The zero-order chi connectivity index (χ0) is 13.7. The number of rotatable bonds is 2. The lowest BCUT2D eigenvalue weighted by molar-refractivity contribution is 0.0977. The molecule has 96 valence electrons. The molecule has 0 aliphatic heterocycles. The number of pyridine rings is 1. The van der Waals surface area contributed by atoms with Gasteiger partial charge in [-0.3, -0.25) is 15.1 Å². The maximum Gasteiger partial charge on any atom is 0.258 e. The van der Waals surface area contributed by atoms with Gasteiger partial charge in [0, 0.05) is 18.1 Å². The fourth-order valence-corrected chi connectivity index (χ4v) is 1.74. The fraction of sp³-hybridized carbons (Fsp3) is 0.0714. The molecule has 1 aromatic carbocycles. The number of aryl methyl sites for hydroxylation is 1. The van der Waals surface area contributed by atoms with E-state index in [-0.39, 0.29) is 11.0 Å². The Morgan fingerprint density at radius 2 is 2.00 bits per heavy atom. The van der Waals surface area contributed by atoms with E-state index in [0.717, 1.165) is 11.3 Å². The van der Waals surface area contributed by atoms with E-state index >= 15 is 0 Å². The predicted molar refractivity (Wildman–Crippen MR) is 79.1 cm³/mol. The van der Waals surface area contributed by atoms with E-state index in [4.69, 9.17) is 12.2 Å². The molecule has 0 aliphatic rings. The first-order valence-corrected chi connectivity index (χ1v) is 6.15. The second-order valence-corrected chi connectivity index (χ2v) is 4.37. The highest BCUT2D eigenvalue weighted by atomic mass is 32.1. The summed E-state index contributed by atoms with van der Waals surface area (Å²) in [6.07, 6.45) is 3.10. The van der Waals surface area contributed by atoms with Crippen LogP contribution >= 0.6 is 12.2 Å². The average molecular weight is 271 g/mol. The number of aromatic nitrogens is 1. The van der Waals surface area contributed by atoms with Crippen molar-refractivity contribution in [3.63, 3.8) is 0 Å². The number of para-hydroxylation sites is 1. The van der Waals surface area contributed by atoms with Crippen molar-refractivity contribution in [3.8, 4) is 0 Å². The van der Waals surface area contributed by atoms with Gasteiger partial charge in [0.2, 0.25) is 0 Å². The van der Waals surface area contributed by atoms with Crippen LogP contribution in [-0.4, -0.2) is 16.0 Å². The number of carbonyl (C=O) groups is 1. The van der Waals surface area contributed by atoms with E-state index in [9.17, 15) is 4.79 Å². The lowest BCUT2D eigenvalue weighted by Crippen LogP contribution is -2.34. The van der Waals surface area contributed by atoms with Crippen LogP contribution in [0.1, 0.15) is 15.9 Å². The largest absolute Gasteiger partial charge is 0.332 e. The number of nitrogens with zero attached hydrogens (tertiary/aromatic N) is 1. The van der Waals surface area contributed by atoms with Crippen molar-refractivity contribution in [2.45, 2.75) is 6.92 Å². The molecule has 0 aliphatic carbocycles. The number of hydrogen-bond donors (Lipinski definition) is 2. The minimum Gasteiger partial charge on any atom is -0.332 e. The SMILES string of the molecule is Cc1ccccc1NC(=S)NC(=O)c1cccnc1. The molecule has 1 aromatic heterocycles. The third kappa shape index (κ3) is 3.59. The molecule has 0 saturated carbocycles. The first-order chi connectivity index (χ1) is 9.16. The molecular formula is C14H13N3OS. The first kappa shape index (κ1) is 13.2. The molecule has 5 heteroatoms. The Balaban J connectivity index is 1.99. The highest BCUT2D eigenvalue weighted by Gasteiger charge is 2.08. The predicted octanol–water partition coefficient (Wildman–Crippen LogP) is 2.52. The minimum atomic E-state index is -0.279. The zero-order valence-corrected chi connectivity index (χ0v) is 11.2. The van der Waals surface area contributed by atoms with Crippen LogP contribution in [0.3, 0.4) is 0 Å². The van der Waals surface area contributed by atoms with Gasteiger partial charge >= 0.3 is 0 Å².